The largest absolute Gasteiger partial charge is 0.323 e. The predicted molar refractivity (Wildman–Crippen MR) is 85.6 cm³/mol. The van der Waals surface area contributed by atoms with E-state index >= 15 is 0 Å². The molecule has 0 amide bonds. The van der Waals surface area contributed by atoms with Gasteiger partial charge in [0, 0.05) is 11.1 Å². The number of imidazole rings is 1. The summed E-state index contributed by atoms with van der Waals surface area (Å²) in [6, 6.07) is 6.41. The predicted octanol–water partition coefficient (Wildman–Crippen LogP) is 5.57. The van der Waals surface area contributed by atoms with Gasteiger partial charge in [0.1, 0.15) is 5.82 Å². The maximum atomic E-state index is 6.14. The van der Waals surface area contributed by atoms with E-state index < -0.39 is 0 Å². The first-order valence-corrected chi connectivity index (χ1v) is 8.16. The Kier molecular flexibility index (Phi) is 3.72. The summed E-state index contributed by atoms with van der Waals surface area (Å²) < 4.78 is 2.36. The summed E-state index contributed by atoms with van der Waals surface area (Å²) in [6.07, 6.45) is 5.05. The van der Waals surface area contributed by atoms with Gasteiger partial charge in [-0.25, -0.2) is 4.98 Å². The number of hydrogen-bond donors (Lipinski definition) is 0. The Bertz CT molecular complexity index is 631. The quantitative estimate of drug-likeness (QED) is 0.663. The summed E-state index contributed by atoms with van der Waals surface area (Å²) in [4.78, 5) is 4.68. The highest BCUT2D eigenvalue weighted by molar-refractivity contribution is 6.31. The third kappa shape index (κ3) is 2.33. The van der Waals surface area contributed by atoms with Crippen molar-refractivity contribution in [2.45, 2.75) is 51.5 Å². The summed E-state index contributed by atoms with van der Waals surface area (Å²) in [5, 5.41) is 0.728. The molecule has 0 bridgehead atoms. The van der Waals surface area contributed by atoms with Gasteiger partial charge in [-0.05, 0) is 36.5 Å². The molecule has 1 aromatic heterocycles. The van der Waals surface area contributed by atoms with Crippen molar-refractivity contribution >= 4 is 34.2 Å². The number of halogens is 2. The van der Waals surface area contributed by atoms with E-state index in [9.17, 15) is 0 Å². The zero-order valence-electron chi connectivity index (χ0n) is 12.0. The molecule has 1 unspecified atom stereocenters. The van der Waals surface area contributed by atoms with Crippen molar-refractivity contribution < 1.29 is 0 Å². The van der Waals surface area contributed by atoms with Gasteiger partial charge in [-0.15, -0.1) is 11.6 Å². The van der Waals surface area contributed by atoms with Crippen molar-refractivity contribution in [1.29, 1.82) is 0 Å². The summed E-state index contributed by atoms with van der Waals surface area (Å²) in [5.41, 5.74) is 2.39. The molecule has 0 aliphatic heterocycles. The molecule has 0 spiro atoms. The van der Waals surface area contributed by atoms with Crippen LogP contribution in [0.2, 0.25) is 5.02 Å². The minimum Gasteiger partial charge on any atom is -0.323 e. The Labute approximate surface area is 130 Å². The first-order valence-electron chi connectivity index (χ1n) is 7.25. The fourth-order valence-corrected chi connectivity index (χ4v) is 3.87. The molecule has 108 valence electrons. The van der Waals surface area contributed by atoms with Crippen molar-refractivity contribution in [3.05, 3.63) is 29.0 Å². The minimum atomic E-state index is 0.284. The standard InChI is InChI=1S/C16H20Cl2N2/c1-16(2)8-4-3-5-14(16)20-13-7-6-11(18)9-12(13)19-15(20)10-17/h6-7,9,14H,3-5,8,10H2,1-2H3. The van der Waals surface area contributed by atoms with Crippen LogP contribution in [0.25, 0.3) is 11.0 Å². The highest BCUT2D eigenvalue weighted by atomic mass is 35.5. The first kappa shape index (κ1) is 14.2. The highest BCUT2D eigenvalue weighted by Crippen LogP contribution is 2.45. The van der Waals surface area contributed by atoms with E-state index in [-0.39, 0.29) is 5.41 Å². The molecule has 1 aliphatic carbocycles. The third-order valence-electron chi connectivity index (χ3n) is 4.61. The van der Waals surface area contributed by atoms with Crippen LogP contribution in [0.5, 0.6) is 0 Å². The third-order valence-corrected chi connectivity index (χ3v) is 5.08. The zero-order valence-corrected chi connectivity index (χ0v) is 13.5. The summed E-state index contributed by atoms with van der Waals surface area (Å²) in [7, 11) is 0. The number of nitrogens with zero attached hydrogens (tertiary/aromatic N) is 2. The number of rotatable bonds is 2. The molecule has 1 aliphatic rings. The van der Waals surface area contributed by atoms with E-state index in [1.807, 2.05) is 12.1 Å². The second-order valence-electron chi connectivity index (χ2n) is 6.41. The van der Waals surface area contributed by atoms with Crippen LogP contribution < -0.4 is 0 Å². The number of hydrogen-bond acceptors (Lipinski definition) is 1. The van der Waals surface area contributed by atoms with Gasteiger partial charge in [0.2, 0.25) is 0 Å². The number of alkyl halides is 1. The lowest BCUT2D eigenvalue weighted by molar-refractivity contribution is 0.145. The van der Waals surface area contributed by atoms with Gasteiger partial charge in [0.05, 0.1) is 16.9 Å². The van der Waals surface area contributed by atoms with Crippen LogP contribution in [0.1, 0.15) is 51.4 Å². The average Bonchev–Trinajstić information content (AvgIpc) is 2.75. The normalized spacial score (nSPS) is 22.3. The minimum absolute atomic E-state index is 0.284. The van der Waals surface area contributed by atoms with Crippen molar-refractivity contribution in [2.24, 2.45) is 5.41 Å². The molecule has 1 fully saturated rings. The maximum absolute atomic E-state index is 6.14. The van der Waals surface area contributed by atoms with Crippen LogP contribution in [0, 0.1) is 5.41 Å². The van der Waals surface area contributed by atoms with Crippen molar-refractivity contribution in [2.75, 3.05) is 0 Å². The molecule has 0 radical (unpaired) electrons. The van der Waals surface area contributed by atoms with Gasteiger partial charge in [0.15, 0.2) is 0 Å². The molecular formula is C16H20Cl2N2. The topological polar surface area (TPSA) is 17.8 Å². The second-order valence-corrected chi connectivity index (χ2v) is 7.12. The fraction of sp³-hybridized carbons (Fsp3) is 0.562. The smallest absolute Gasteiger partial charge is 0.125 e. The van der Waals surface area contributed by atoms with Crippen LogP contribution in [-0.4, -0.2) is 9.55 Å². The van der Waals surface area contributed by atoms with Crippen molar-refractivity contribution in [3.8, 4) is 0 Å². The Morgan fingerprint density at radius 3 is 2.85 bits per heavy atom. The molecule has 2 aromatic rings. The Balaban J connectivity index is 2.18. The molecule has 1 aromatic carbocycles. The van der Waals surface area contributed by atoms with E-state index in [1.165, 1.54) is 25.7 Å². The number of benzene rings is 1. The van der Waals surface area contributed by atoms with Crippen LogP contribution >= 0.6 is 23.2 Å². The Morgan fingerprint density at radius 2 is 2.15 bits per heavy atom. The SMILES string of the molecule is CC1(C)CCCCC1n1c(CCl)nc2cc(Cl)ccc21. The molecule has 4 heteroatoms. The monoisotopic (exact) mass is 310 g/mol. The van der Waals surface area contributed by atoms with Crippen molar-refractivity contribution in [1.82, 2.24) is 9.55 Å². The van der Waals surface area contributed by atoms with Crippen LogP contribution in [0.15, 0.2) is 18.2 Å². The number of fused-ring (bicyclic) bond motifs is 1. The van der Waals surface area contributed by atoms with Gasteiger partial charge in [-0.1, -0.05) is 38.3 Å². The summed E-state index contributed by atoms with van der Waals surface area (Å²) >= 11 is 12.2. The van der Waals surface area contributed by atoms with E-state index in [0.717, 1.165) is 21.9 Å². The summed E-state index contributed by atoms with van der Waals surface area (Å²) in [6.45, 7) is 4.72. The molecule has 0 N–H and O–H groups in total. The second kappa shape index (κ2) is 5.23. The molecule has 0 saturated heterocycles. The number of aromatic nitrogens is 2. The molecule has 1 atom stereocenters. The molecular weight excluding hydrogens is 291 g/mol. The maximum Gasteiger partial charge on any atom is 0.125 e. The van der Waals surface area contributed by atoms with Crippen molar-refractivity contribution in [3.63, 3.8) is 0 Å². The molecule has 3 rings (SSSR count). The first-order chi connectivity index (χ1) is 9.53. The van der Waals surface area contributed by atoms with Crippen LogP contribution in [-0.2, 0) is 5.88 Å². The van der Waals surface area contributed by atoms with Gasteiger partial charge in [-0.3, -0.25) is 0 Å². The Morgan fingerprint density at radius 1 is 1.35 bits per heavy atom. The highest BCUT2D eigenvalue weighted by Gasteiger charge is 2.35. The lowest BCUT2D eigenvalue weighted by Crippen LogP contribution is -2.31. The van der Waals surface area contributed by atoms with E-state index in [4.69, 9.17) is 23.2 Å². The van der Waals surface area contributed by atoms with Crippen LogP contribution in [0.3, 0.4) is 0 Å². The molecule has 20 heavy (non-hydrogen) atoms. The summed E-state index contributed by atoms with van der Waals surface area (Å²) in [5.74, 6) is 1.41. The Hall–Kier alpha value is -0.730. The lowest BCUT2D eigenvalue weighted by atomic mass is 9.73. The lowest BCUT2D eigenvalue weighted by Gasteiger charge is -2.40. The van der Waals surface area contributed by atoms with Gasteiger partial charge < -0.3 is 4.57 Å². The van der Waals surface area contributed by atoms with Gasteiger partial charge >= 0.3 is 0 Å². The molecule has 2 nitrogen and oxygen atoms in total. The van der Waals surface area contributed by atoms with Gasteiger partial charge in [0.25, 0.3) is 0 Å². The fourth-order valence-electron chi connectivity index (χ4n) is 3.52. The molecule has 1 heterocycles. The van der Waals surface area contributed by atoms with Crippen LogP contribution in [0.4, 0.5) is 0 Å². The van der Waals surface area contributed by atoms with E-state index in [2.05, 4.69) is 29.5 Å². The van der Waals surface area contributed by atoms with Gasteiger partial charge in [-0.2, -0.15) is 0 Å². The zero-order chi connectivity index (χ0) is 14.3. The van der Waals surface area contributed by atoms with E-state index in [0.29, 0.717) is 11.9 Å². The molecule has 1 saturated carbocycles. The average molecular weight is 311 g/mol. The van der Waals surface area contributed by atoms with E-state index in [1.54, 1.807) is 0 Å².